The minimum atomic E-state index is -4.49. The molecule has 0 saturated heterocycles. The number of amides is 2. The van der Waals surface area contributed by atoms with Gasteiger partial charge in [0.2, 0.25) is 0 Å². The van der Waals surface area contributed by atoms with E-state index in [0.29, 0.717) is 28.9 Å². The number of rotatable bonds is 9. The normalized spacial score (nSPS) is 19.5. The van der Waals surface area contributed by atoms with Gasteiger partial charge in [0.1, 0.15) is 29.1 Å². The highest BCUT2D eigenvalue weighted by atomic mass is 19.4. The van der Waals surface area contributed by atoms with Gasteiger partial charge in [0.15, 0.2) is 17.2 Å². The first-order valence-corrected chi connectivity index (χ1v) is 13.6. The van der Waals surface area contributed by atoms with Crippen molar-refractivity contribution in [1.29, 1.82) is 0 Å². The number of carbonyl (C=O) groups is 1. The standard InChI is InChI=1S/C27H28F4N8O3/c1-2-3-8-41-16-10-15(11-16)39-24-21(23(32)33-13-34-24)22(37-39)14-4-5-18(17(28)9-14)35-25(40)36-20-12-19(42-38-20)26(6-7-26)27(29,30)31/h4-5,9,12-13,15-16H,2-3,6-8,10-11H2,1H3,(H2,32,33,34)(H2,35,36,38,40). The van der Waals surface area contributed by atoms with E-state index in [1.54, 1.807) is 10.7 Å². The number of nitrogens with zero attached hydrogens (tertiary/aromatic N) is 5. The van der Waals surface area contributed by atoms with E-state index < -0.39 is 23.4 Å². The number of alkyl halides is 3. The third-order valence-corrected chi connectivity index (χ3v) is 7.79. The number of nitrogens with one attached hydrogen (secondary N) is 2. The molecule has 2 aliphatic carbocycles. The van der Waals surface area contributed by atoms with Gasteiger partial charge < -0.3 is 20.3 Å². The van der Waals surface area contributed by atoms with Crippen molar-refractivity contribution in [3.63, 3.8) is 0 Å². The Hall–Kier alpha value is -4.27. The van der Waals surface area contributed by atoms with Crippen molar-refractivity contribution in [2.75, 3.05) is 23.0 Å². The van der Waals surface area contributed by atoms with Gasteiger partial charge in [-0.3, -0.25) is 5.32 Å². The fourth-order valence-electron chi connectivity index (χ4n) is 5.11. The van der Waals surface area contributed by atoms with Crippen LogP contribution in [0, 0.1) is 5.82 Å². The summed E-state index contributed by atoms with van der Waals surface area (Å²) in [5, 5.41) is 13.3. The zero-order valence-corrected chi connectivity index (χ0v) is 22.5. The van der Waals surface area contributed by atoms with Crippen molar-refractivity contribution in [2.45, 2.75) is 69.2 Å². The number of nitrogens with two attached hydrogens (primary N) is 1. The molecule has 2 fully saturated rings. The molecule has 42 heavy (non-hydrogen) atoms. The lowest BCUT2D eigenvalue weighted by atomic mass is 9.89. The van der Waals surface area contributed by atoms with Crippen LogP contribution in [-0.4, -0.2) is 49.8 Å². The Bertz CT molecular complexity index is 1630. The Morgan fingerprint density at radius 3 is 2.69 bits per heavy atom. The van der Waals surface area contributed by atoms with Crippen LogP contribution in [0.1, 0.15) is 57.3 Å². The number of ether oxygens (including phenoxy) is 1. The second-order valence-corrected chi connectivity index (χ2v) is 10.7. The molecule has 0 bridgehead atoms. The van der Waals surface area contributed by atoms with Crippen LogP contribution in [0.2, 0.25) is 0 Å². The molecule has 6 rings (SSSR count). The highest BCUT2D eigenvalue weighted by Crippen LogP contribution is 2.59. The average Bonchev–Trinajstić information content (AvgIpc) is 3.48. The van der Waals surface area contributed by atoms with E-state index in [2.05, 4.69) is 32.7 Å². The first-order chi connectivity index (χ1) is 20.1. The molecule has 1 aromatic carbocycles. The third-order valence-electron chi connectivity index (χ3n) is 7.79. The number of hydrogen-bond acceptors (Lipinski definition) is 8. The van der Waals surface area contributed by atoms with Crippen molar-refractivity contribution >= 4 is 34.4 Å². The minimum Gasteiger partial charge on any atom is -0.383 e. The summed E-state index contributed by atoms with van der Waals surface area (Å²) in [6, 6.07) is 4.25. The number of halogens is 4. The number of urea groups is 1. The molecule has 0 spiro atoms. The van der Waals surface area contributed by atoms with Crippen molar-refractivity contribution in [3.05, 3.63) is 42.2 Å². The highest BCUT2D eigenvalue weighted by molar-refractivity contribution is 6.00. The molecule has 0 radical (unpaired) electrons. The molecule has 4 N–H and O–H groups in total. The Labute approximate surface area is 236 Å². The first kappa shape index (κ1) is 27.9. The quantitative estimate of drug-likeness (QED) is 0.160. The van der Waals surface area contributed by atoms with Crippen molar-refractivity contribution < 1.29 is 31.6 Å². The van der Waals surface area contributed by atoms with E-state index in [1.165, 1.54) is 18.5 Å². The fourth-order valence-corrected chi connectivity index (χ4v) is 5.11. The number of anilines is 3. The summed E-state index contributed by atoms with van der Waals surface area (Å²) in [6.45, 7) is 2.82. The van der Waals surface area contributed by atoms with Crippen molar-refractivity contribution in [2.24, 2.45) is 0 Å². The molecular weight excluding hydrogens is 560 g/mol. The van der Waals surface area contributed by atoms with Crippen LogP contribution in [0.3, 0.4) is 0 Å². The second kappa shape index (κ2) is 10.5. The zero-order chi connectivity index (χ0) is 29.6. The van der Waals surface area contributed by atoms with Crippen LogP contribution in [0.15, 0.2) is 35.1 Å². The van der Waals surface area contributed by atoms with E-state index in [-0.39, 0.29) is 48.1 Å². The number of benzene rings is 1. The van der Waals surface area contributed by atoms with E-state index in [4.69, 9.17) is 20.1 Å². The molecule has 222 valence electrons. The largest absolute Gasteiger partial charge is 0.401 e. The van der Waals surface area contributed by atoms with Crippen molar-refractivity contribution in [1.82, 2.24) is 24.9 Å². The summed E-state index contributed by atoms with van der Waals surface area (Å²) >= 11 is 0. The maximum Gasteiger partial charge on any atom is 0.401 e. The predicted octanol–water partition coefficient (Wildman–Crippen LogP) is 5.96. The molecule has 11 nitrogen and oxygen atoms in total. The monoisotopic (exact) mass is 588 g/mol. The number of aromatic nitrogens is 5. The minimum absolute atomic E-state index is 0.0413. The maximum absolute atomic E-state index is 15.2. The van der Waals surface area contributed by atoms with Gasteiger partial charge in [-0.05, 0) is 44.2 Å². The highest BCUT2D eigenvalue weighted by Gasteiger charge is 2.67. The lowest BCUT2D eigenvalue weighted by molar-refractivity contribution is -0.165. The van der Waals surface area contributed by atoms with Crippen LogP contribution in [0.25, 0.3) is 22.3 Å². The van der Waals surface area contributed by atoms with Crippen LogP contribution in [0.5, 0.6) is 0 Å². The van der Waals surface area contributed by atoms with Crippen LogP contribution in [-0.2, 0) is 10.2 Å². The fraction of sp³-hybridized carbons (Fsp3) is 0.444. The average molecular weight is 589 g/mol. The molecule has 2 aliphatic rings. The molecule has 2 amide bonds. The smallest absolute Gasteiger partial charge is 0.383 e. The molecule has 3 aromatic heterocycles. The lowest BCUT2D eigenvalue weighted by Crippen LogP contribution is -2.34. The summed E-state index contributed by atoms with van der Waals surface area (Å²) in [7, 11) is 0. The van der Waals surface area contributed by atoms with E-state index >= 15 is 4.39 Å². The van der Waals surface area contributed by atoms with Gasteiger partial charge in [-0.25, -0.2) is 23.8 Å². The van der Waals surface area contributed by atoms with Gasteiger partial charge in [-0.15, -0.1) is 0 Å². The summed E-state index contributed by atoms with van der Waals surface area (Å²) in [6.07, 6.45) is 0.360. The summed E-state index contributed by atoms with van der Waals surface area (Å²) in [5.74, 6) is -1.18. The third kappa shape index (κ3) is 5.01. The summed E-state index contributed by atoms with van der Waals surface area (Å²) in [4.78, 5) is 20.9. The Balaban J connectivity index is 1.17. The van der Waals surface area contributed by atoms with Crippen LogP contribution < -0.4 is 16.4 Å². The topological polar surface area (TPSA) is 146 Å². The number of unbranched alkanes of at least 4 members (excludes halogenated alkanes) is 1. The van der Waals surface area contributed by atoms with Crippen LogP contribution in [0.4, 0.5) is 39.7 Å². The summed E-state index contributed by atoms with van der Waals surface area (Å²) in [5.41, 5.74) is 5.24. The second-order valence-electron chi connectivity index (χ2n) is 10.7. The molecule has 0 unspecified atom stereocenters. The number of hydrogen-bond donors (Lipinski definition) is 3. The Morgan fingerprint density at radius 1 is 1.21 bits per heavy atom. The Morgan fingerprint density at radius 2 is 2.00 bits per heavy atom. The van der Waals surface area contributed by atoms with Gasteiger partial charge in [-0.1, -0.05) is 24.6 Å². The predicted molar refractivity (Wildman–Crippen MR) is 144 cm³/mol. The number of carbonyl (C=O) groups excluding carboxylic acids is 1. The van der Waals surface area contributed by atoms with Crippen molar-refractivity contribution in [3.8, 4) is 11.3 Å². The van der Waals surface area contributed by atoms with Gasteiger partial charge in [-0.2, -0.15) is 18.3 Å². The van der Waals surface area contributed by atoms with Gasteiger partial charge >= 0.3 is 12.2 Å². The zero-order valence-electron chi connectivity index (χ0n) is 22.5. The molecule has 2 saturated carbocycles. The van der Waals surface area contributed by atoms with E-state index in [9.17, 15) is 18.0 Å². The lowest BCUT2D eigenvalue weighted by Gasteiger charge is -2.35. The molecule has 15 heteroatoms. The molecule has 0 aliphatic heterocycles. The first-order valence-electron chi connectivity index (χ1n) is 13.6. The molecule has 3 heterocycles. The Kier molecular flexibility index (Phi) is 6.99. The molecule has 0 atom stereocenters. The maximum atomic E-state index is 15.2. The number of nitrogen functional groups attached to an aromatic ring is 1. The number of fused-ring (bicyclic) bond motifs is 1. The van der Waals surface area contributed by atoms with Gasteiger partial charge in [0.05, 0.1) is 23.2 Å². The van der Waals surface area contributed by atoms with Gasteiger partial charge in [0, 0.05) is 18.2 Å². The van der Waals surface area contributed by atoms with Crippen LogP contribution >= 0.6 is 0 Å². The molecule has 4 aromatic rings. The van der Waals surface area contributed by atoms with E-state index in [0.717, 1.165) is 31.7 Å². The van der Waals surface area contributed by atoms with Gasteiger partial charge in [0.25, 0.3) is 0 Å². The van der Waals surface area contributed by atoms with E-state index in [1.807, 2.05) is 0 Å². The summed E-state index contributed by atoms with van der Waals surface area (Å²) < 4.78 is 67.6. The molecular formula is C27H28F4N8O3. The SMILES string of the molecule is CCCCOC1CC(n2nc(-c3ccc(NC(=O)Nc4cc(C5(C(F)(F)F)CC5)on4)c(F)c3)c3c(N)ncnc32)C1.